The minimum atomic E-state index is -0.203. The van der Waals surface area contributed by atoms with Crippen LogP contribution in [0.2, 0.25) is 5.02 Å². The fourth-order valence-electron chi connectivity index (χ4n) is 2.64. The number of allylic oxidation sites excluding steroid dienone is 1. The number of likely N-dealkylation sites (N-methyl/N-ethyl adjacent to an activating group) is 1. The monoisotopic (exact) mass is 281 g/mol. The van der Waals surface area contributed by atoms with E-state index in [0.29, 0.717) is 17.5 Å². The molecule has 1 unspecified atom stereocenters. The van der Waals surface area contributed by atoms with Gasteiger partial charge in [-0.25, -0.2) is 4.39 Å². The highest BCUT2D eigenvalue weighted by Gasteiger charge is 2.14. The number of halogens is 2. The van der Waals surface area contributed by atoms with E-state index in [9.17, 15) is 4.39 Å². The van der Waals surface area contributed by atoms with Crippen LogP contribution in [0.1, 0.15) is 37.7 Å². The molecule has 1 aromatic carbocycles. The zero-order valence-electron chi connectivity index (χ0n) is 11.4. The lowest BCUT2D eigenvalue weighted by Gasteiger charge is -2.20. The van der Waals surface area contributed by atoms with Crippen LogP contribution in [0.15, 0.2) is 29.8 Å². The summed E-state index contributed by atoms with van der Waals surface area (Å²) in [6.45, 7) is 0. The molecule has 1 N–H and O–H groups in total. The molecule has 1 atom stereocenters. The van der Waals surface area contributed by atoms with Crippen LogP contribution in [0.3, 0.4) is 0 Å². The fraction of sp³-hybridized carbons (Fsp3) is 0.500. The molecule has 1 aliphatic rings. The van der Waals surface area contributed by atoms with Crippen molar-refractivity contribution in [3.05, 3.63) is 46.3 Å². The number of nitrogens with one attached hydrogen (secondary N) is 1. The van der Waals surface area contributed by atoms with Crippen molar-refractivity contribution in [2.45, 2.75) is 44.6 Å². The van der Waals surface area contributed by atoms with E-state index in [4.69, 9.17) is 11.6 Å². The predicted octanol–water partition coefficient (Wildman–Crippen LogP) is 4.50. The minimum absolute atomic E-state index is 0.203. The van der Waals surface area contributed by atoms with Gasteiger partial charge in [-0.2, -0.15) is 0 Å². The highest BCUT2D eigenvalue weighted by atomic mass is 35.5. The summed E-state index contributed by atoms with van der Waals surface area (Å²) in [7, 11) is 1.95. The van der Waals surface area contributed by atoms with Gasteiger partial charge in [-0.05, 0) is 63.3 Å². The third kappa shape index (κ3) is 4.32. The molecule has 2 rings (SSSR count). The molecule has 0 spiro atoms. The number of hydrogen-bond acceptors (Lipinski definition) is 1. The van der Waals surface area contributed by atoms with E-state index in [0.717, 1.165) is 12.0 Å². The van der Waals surface area contributed by atoms with Crippen molar-refractivity contribution in [3.8, 4) is 0 Å². The third-order valence-electron chi connectivity index (χ3n) is 3.78. The molecule has 1 nitrogen and oxygen atoms in total. The Kier molecular flexibility index (Phi) is 5.41. The summed E-state index contributed by atoms with van der Waals surface area (Å²) in [5, 5.41) is 3.75. The first-order valence-corrected chi connectivity index (χ1v) is 7.36. The standard InChI is InChI=1S/C16H21ClFN/c1-19-15(9-12-5-3-2-4-6-12)10-13-7-8-14(17)11-16(13)18/h5,7-8,11,15,19H,2-4,6,9-10H2,1H3. The largest absolute Gasteiger partial charge is 0.316 e. The highest BCUT2D eigenvalue weighted by Crippen LogP contribution is 2.23. The van der Waals surface area contributed by atoms with Gasteiger partial charge in [0.25, 0.3) is 0 Å². The first-order chi connectivity index (χ1) is 9.19. The van der Waals surface area contributed by atoms with E-state index >= 15 is 0 Å². The van der Waals surface area contributed by atoms with Crippen molar-refractivity contribution in [1.29, 1.82) is 0 Å². The Bertz CT molecular complexity index is 456. The van der Waals surface area contributed by atoms with Gasteiger partial charge in [-0.15, -0.1) is 0 Å². The van der Waals surface area contributed by atoms with Gasteiger partial charge in [0.05, 0.1) is 0 Å². The molecule has 0 amide bonds. The van der Waals surface area contributed by atoms with Crippen molar-refractivity contribution >= 4 is 11.6 Å². The average Bonchev–Trinajstić information content (AvgIpc) is 2.42. The first kappa shape index (κ1) is 14.5. The molecule has 0 radical (unpaired) electrons. The van der Waals surface area contributed by atoms with Crippen molar-refractivity contribution < 1.29 is 4.39 Å². The van der Waals surface area contributed by atoms with E-state index in [1.54, 1.807) is 12.1 Å². The second-order valence-electron chi connectivity index (χ2n) is 5.24. The van der Waals surface area contributed by atoms with Crippen LogP contribution < -0.4 is 5.32 Å². The Morgan fingerprint density at radius 1 is 1.32 bits per heavy atom. The maximum absolute atomic E-state index is 13.8. The molecule has 0 saturated heterocycles. The lowest BCUT2D eigenvalue weighted by Crippen LogP contribution is -2.28. The summed E-state index contributed by atoms with van der Waals surface area (Å²) in [6.07, 6.45) is 9.06. The van der Waals surface area contributed by atoms with Gasteiger partial charge in [0.2, 0.25) is 0 Å². The molecule has 19 heavy (non-hydrogen) atoms. The molecule has 1 aliphatic carbocycles. The lowest BCUT2D eigenvalue weighted by atomic mass is 9.92. The lowest BCUT2D eigenvalue weighted by molar-refractivity contribution is 0.516. The van der Waals surface area contributed by atoms with Gasteiger partial charge < -0.3 is 5.32 Å². The van der Waals surface area contributed by atoms with Crippen LogP contribution in [0.4, 0.5) is 4.39 Å². The summed E-state index contributed by atoms with van der Waals surface area (Å²) in [4.78, 5) is 0. The molecule has 0 aliphatic heterocycles. The van der Waals surface area contributed by atoms with E-state index in [2.05, 4.69) is 11.4 Å². The summed E-state index contributed by atoms with van der Waals surface area (Å²) in [6, 6.07) is 5.23. The fourth-order valence-corrected chi connectivity index (χ4v) is 2.79. The van der Waals surface area contributed by atoms with E-state index < -0.39 is 0 Å². The molecule has 1 aromatic rings. The molecule has 0 fully saturated rings. The topological polar surface area (TPSA) is 12.0 Å². The zero-order valence-corrected chi connectivity index (χ0v) is 12.1. The van der Waals surface area contributed by atoms with E-state index in [-0.39, 0.29) is 5.82 Å². The maximum atomic E-state index is 13.8. The van der Waals surface area contributed by atoms with Crippen LogP contribution in [-0.2, 0) is 6.42 Å². The summed E-state index contributed by atoms with van der Waals surface area (Å²) >= 11 is 5.78. The molecule has 0 heterocycles. The van der Waals surface area contributed by atoms with Crippen molar-refractivity contribution in [3.63, 3.8) is 0 Å². The second kappa shape index (κ2) is 7.06. The normalized spacial score (nSPS) is 17.1. The second-order valence-corrected chi connectivity index (χ2v) is 5.67. The summed E-state index contributed by atoms with van der Waals surface area (Å²) in [5.74, 6) is -0.203. The number of hydrogen-bond donors (Lipinski definition) is 1. The van der Waals surface area contributed by atoms with Gasteiger partial charge in [0.1, 0.15) is 5.82 Å². The Morgan fingerprint density at radius 2 is 2.16 bits per heavy atom. The van der Waals surface area contributed by atoms with Crippen molar-refractivity contribution in [2.75, 3.05) is 7.05 Å². The summed E-state index contributed by atoms with van der Waals surface area (Å²) in [5.41, 5.74) is 2.25. The predicted molar refractivity (Wildman–Crippen MR) is 79.1 cm³/mol. The van der Waals surface area contributed by atoms with Crippen LogP contribution in [0.5, 0.6) is 0 Å². The van der Waals surface area contributed by atoms with Gasteiger partial charge in [0.15, 0.2) is 0 Å². The molecule has 0 saturated carbocycles. The third-order valence-corrected chi connectivity index (χ3v) is 4.02. The van der Waals surface area contributed by atoms with Gasteiger partial charge in [-0.1, -0.05) is 29.3 Å². The Labute approximate surface area is 119 Å². The van der Waals surface area contributed by atoms with Gasteiger partial charge in [-0.3, -0.25) is 0 Å². The maximum Gasteiger partial charge on any atom is 0.127 e. The van der Waals surface area contributed by atoms with Crippen LogP contribution in [0, 0.1) is 5.82 Å². The van der Waals surface area contributed by atoms with Crippen molar-refractivity contribution in [1.82, 2.24) is 5.32 Å². The molecule has 0 aromatic heterocycles. The van der Waals surface area contributed by atoms with Gasteiger partial charge in [0, 0.05) is 11.1 Å². The van der Waals surface area contributed by atoms with Crippen LogP contribution in [-0.4, -0.2) is 13.1 Å². The molecule has 3 heteroatoms. The first-order valence-electron chi connectivity index (χ1n) is 6.98. The number of benzene rings is 1. The smallest absolute Gasteiger partial charge is 0.127 e. The SMILES string of the molecule is CNC(CC1=CCCCC1)Cc1ccc(Cl)cc1F. The van der Waals surface area contributed by atoms with Gasteiger partial charge >= 0.3 is 0 Å². The van der Waals surface area contributed by atoms with Crippen LogP contribution >= 0.6 is 11.6 Å². The summed E-state index contributed by atoms with van der Waals surface area (Å²) < 4.78 is 13.8. The minimum Gasteiger partial charge on any atom is -0.316 e. The van der Waals surface area contributed by atoms with E-state index in [1.807, 2.05) is 7.05 Å². The van der Waals surface area contributed by atoms with E-state index in [1.165, 1.54) is 37.3 Å². The van der Waals surface area contributed by atoms with Crippen molar-refractivity contribution in [2.24, 2.45) is 0 Å². The molecule has 0 bridgehead atoms. The Balaban J connectivity index is 2.00. The molecular formula is C16H21ClFN. The highest BCUT2D eigenvalue weighted by molar-refractivity contribution is 6.30. The Morgan fingerprint density at radius 3 is 2.79 bits per heavy atom. The zero-order chi connectivity index (χ0) is 13.7. The molecular weight excluding hydrogens is 261 g/mol. The Hall–Kier alpha value is -0.860. The average molecular weight is 282 g/mol. The van der Waals surface area contributed by atoms with Crippen LogP contribution in [0.25, 0.3) is 0 Å². The molecule has 104 valence electrons. The number of rotatable bonds is 5. The quantitative estimate of drug-likeness (QED) is 0.784.